The van der Waals surface area contributed by atoms with Gasteiger partial charge in [-0.1, -0.05) is 34.1 Å². The molecule has 6 heteroatoms. The number of aromatic nitrogens is 1. The third kappa shape index (κ3) is 4.75. The molecule has 2 N–H and O–H groups in total. The molecule has 0 unspecified atom stereocenters. The van der Waals surface area contributed by atoms with Crippen LogP contribution >= 0.6 is 15.9 Å². The highest BCUT2D eigenvalue weighted by atomic mass is 79.9. The van der Waals surface area contributed by atoms with Gasteiger partial charge in [-0.2, -0.15) is 0 Å². The van der Waals surface area contributed by atoms with Crippen molar-refractivity contribution < 1.29 is 4.79 Å². The second-order valence-corrected chi connectivity index (χ2v) is 9.03. The molecule has 1 aliphatic carbocycles. The van der Waals surface area contributed by atoms with Crippen LogP contribution in [0.25, 0.3) is 10.9 Å². The molecule has 0 spiro atoms. The van der Waals surface area contributed by atoms with E-state index in [2.05, 4.69) is 63.8 Å². The van der Waals surface area contributed by atoms with Crippen LogP contribution in [0.3, 0.4) is 0 Å². The number of nitrogens with one attached hydrogen (secondary N) is 2. The third-order valence-corrected chi connectivity index (χ3v) is 6.23. The number of hydrogen-bond acceptors (Lipinski definition) is 4. The molecule has 5 nitrogen and oxygen atoms in total. The topological polar surface area (TPSA) is 57.3 Å². The van der Waals surface area contributed by atoms with Gasteiger partial charge in [0.25, 0.3) is 5.91 Å². The minimum absolute atomic E-state index is 0.00531. The van der Waals surface area contributed by atoms with Crippen LogP contribution in [0, 0.1) is 0 Å². The Morgan fingerprint density at radius 2 is 1.67 bits per heavy atom. The molecule has 0 atom stereocenters. The van der Waals surface area contributed by atoms with E-state index in [1.54, 1.807) is 0 Å². The number of nitrogens with zero attached hydrogens (tertiary/aromatic N) is 2. The highest BCUT2D eigenvalue weighted by molar-refractivity contribution is 9.10. The summed E-state index contributed by atoms with van der Waals surface area (Å²) in [5.41, 5.74) is 2.87. The molecular formula is C24H27BrN4O. The number of anilines is 2. The fourth-order valence-electron chi connectivity index (χ4n) is 4.06. The van der Waals surface area contributed by atoms with Crippen molar-refractivity contribution in [3.05, 3.63) is 64.6 Å². The summed E-state index contributed by atoms with van der Waals surface area (Å²) in [6.45, 7) is 0. The van der Waals surface area contributed by atoms with Gasteiger partial charge >= 0.3 is 0 Å². The number of amides is 1. The summed E-state index contributed by atoms with van der Waals surface area (Å²) < 4.78 is 0.977. The number of para-hydroxylation sites is 1. The first-order valence-electron chi connectivity index (χ1n) is 10.4. The van der Waals surface area contributed by atoms with Crippen molar-refractivity contribution in [1.29, 1.82) is 0 Å². The smallest absolute Gasteiger partial charge is 0.251 e. The van der Waals surface area contributed by atoms with E-state index in [0.717, 1.165) is 46.9 Å². The second kappa shape index (κ2) is 9.04. The predicted molar refractivity (Wildman–Crippen MR) is 127 cm³/mol. The van der Waals surface area contributed by atoms with Crippen molar-refractivity contribution >= 4 is 44.2 Å². The molecule has 0 saturated heterocycles. The molecule has 0 bridgehead atoms. The Morgan fingerprint density at radius 3 is 2.37 bits per heavy atom. The SMILES string of the molecule is CN(C)c1cc(NC2CCC(NC(=O)c3ccc(Br)cc3)CC2)nc2ccccc12. The van der Waals surface area contributed by atoms with Gasteiger partial charge in [0.2, 0.25) is 0 Å². The third-order valence-electron chi connectivity index (χ3n) is 5.70. The minimum Gasteiger partial charge on any atom is -0.377 e. The molecular weight excluding hydrogens is 440 g/mol. The number of fused-ring (bicyclic) bond motifs is 1. The fraction of sp³-hybridized carbons (Fsp3) is 0.333. The van der Waals surface area contributed by atoms with E-state index in [1.807, 2.05) is 36.4 Å². The highest BCUT2D eigenvalue weighted by Crippen LogP contribution is 2.29. The van der Waals surface area contributed by atoms with Crippen molar-refractivity contribution in [3.63, 3.8) is 0 Å². The lowest BCUT2D eigenvalue weighted by atomic mass is 9.91. The molecule has 1 heterocycles. The van der Waals surface area contributed by atoms with Gasteiger partial charge in [-0.05, 0) is 56.0 Å². The Balaban J connectivity index is 1.37. The molecule has 1 amide bonds. The van der Waals surface area contributed by atoms with Crippen molar-refractivity contribution in [1.82, 2.24) is 10.3 Å². The zero-order valence-electron chi connectivity index (χ0n) is 17.4. The van der Waals surface area contributed by atoms with Crippen molar-refractivity contribution in [3.8, 4) is 0 Å². The van der Waals surface area contributed by atoms with Crippen LogP contribution in [0.4, 0.5) is 11.5 Å². The lowest BCUT2D eigenvalue weighted by Crippen LogP contribution is -2.40. The normalized spacial score (nSPS) is 18.8. The summed E-state index contributed by atoms with van der Waals surface area (Å²) in [5.74, 6) is 0.922. The van der Waals surface area contributed by atoms with Crippen molar-refractivity contribution in [2.45, 2.75) is 37.8 Å². The molecule has 0 aliphatic heterocycles. The van der Waals surface area contributed by atoms with Gasteiger partial charge in [0, 0.05) is 53.4 Å². The van der Waals surface area contributed by atoms with Crippen LogP contribution in [0.5, 0.6) is 0 Å². The Kier molecular flexibility index (Phi) is 6.23. The summed E-state index contributed by atoms with van der Waals surface area (Å²) in [4.78, 5) is 19.4. The maximum atomic E-state index is 12.5. The first kappa shape index (κ1) is 20.7. The summed E-state index contributed by atoms with van der Waals surface area (Å²) in [6.07, 6.45) is 3.95. The standard InChI is InChI=1S/C24H27BrN4O/c1-29(2)22-15-23(28-21-6-4-3-5-20(21)22)26-18-11-13-19(14-12-18)27-24(30)16-7-9-17(25)10-8-16/h3-10,15,18-19H,11-14H2,1-2H3,(H,26,28)(H,27,30). The number of hydrogen-bond donors (Lipinski definition) is 2. The fourth-order valence-corrected chi connectivity index (χ4v) is 4.33. The van der Waals surface area contributed by atoms with E-state index >= 15 is 0 Å². The summed E-state index contributed by atoms with van der Waals surface area (Å²) in [5, 5.41) is 7.97. The van der Waals surface area contributed by atoms with E-state index in [-0.39, 0.29) is 11.9 Å². The van der Waals surface area contributed by atoms with E-state index < -0.39 is 0 Å². The average Bonchev–Trinajstić information content (AvgIpc) is 2.75. The van der Waals surface area contributed by atoms with E-state index in [1.165, 1.54) is 5.69 Å². The molecule has 1 fully saturated rings. The zero-order valence-corrected chi connectivity index (χ0v) is 18.9. The molecule has 30 heavy (non-hydrogen) atoms. The van der Waals surface area contributed by atoms with Gasteiger partial charge in [0.05, 0.1) is 5.52 Å². The molecule has 2 aromatic carbocycles. The number of halogens is 1. The molecule has 4 rings (SSSR count). The van der Waals surface area contributed by atoms with Gasteiger partial charge in [-0.25, -0.2) is 4.98 Å². The number of pyridine rings is 1. The molecule has 1 saturated carbocycles. The first-order valence-corrected chi connectivity index (χ1v) is 11.2. The Bertz CT molecular complexity index is 1030. The Hall–Kier alpha value is -2.60. The maximum Gasteiger partial charge on any atom is 0.251 e. The summed E-state index contributed by atoms with van der Waals surface area (Å²) >= 11 is 3.41. The number of carbonyl (C=O) groups is 1. The summed E-state index contributed by atoms with van der Waals surface area (Å²) in [7, 11) is 4.12. The minimum atomic E-state index is 0.00531. The predicted octanol–water partition coefficient (Wildman–Crippen LogP) is 5.22. The van der Waals surface area contributed by atoms with Crippen LogP contribution in [0.15, 0.2) is 59.1 Å². The van der Waals surface area contributed by atoms with Gasteiger partial charge in [0.1, 0.15) is 5.82 Å². The van der Waals surface area contributed by atoms with Gasteiger partial charge < -0.3 is 15.5 Å². The van der Waals surface area contributed by atoms with Crippen molar-refractivity contribution in [2.75, 3.05) is 24.3 Å². The lowest BCUT2D eigenvalue weighted by molar-refractivity contribution is 0.0926. The van der Waals surface area contributed by atoms with Crippen LogP contribution in [-0.2, 0) is 0 Å². The lowest BCUT2D eigenvalue weighted by Gasteiger charge is -2.30. The second-order valence-electron chi connectivity index (χ2n) is 8.11. The largest absolute Gasteiger partial charge is 0.377 e. The van der Waals surface area contributed by atoms with Crippen LogP contribution in [0.1, 0.15) is 36.0 Å². The highest BCUT2D eigenvalue weighted by Gasteiger charge is 2.23. The van der Waals surface area contributed by atoms with Crippen LogP contribution in [-0.4, -0.2) is 37.1 Å². The molecule has 1 aromatic heterocycles. The van der Waals surface area contributed by atoms with Crippen LogP contribution < -0.4 is 15.5 Å². The number of rotatable bonds is 5. The molecule has 0 radical (unpaired) electrons. The first-order chi connectivity index (χ1) is 14.5. The van der Waals surface area contributed by atoms with Crippen LogP contribution in [0.2, 0.25) is 0 Å². The Morgan fingerprint density at radius 1 is 1.00 bits per heavy atom. The molecule has 156 valence electrons. The van der Waals surface area contributed by atoms with E-state index in [4.69, 9.17) is 4.98 Å². The van der Waals surface area contributed by atoms with Crippen molar-refractivity contribution in [2.24, 2.45) is 0 Å². The van der Waals surface area contributed by atoms with E-state index in [9.17, 15) is 4.79 Å². The van der Waals surface area contributed by atoms with Gasteiger partial charge in [0.15, 0.2) is 0 Å². The number of carbonyl (C=O) groups excluding carboxylic acids is 1. The quantitative estimate of drug-likeness (QED) is 0.541. The number of benzene rings is 2. The van der Waals surface area contributed by atoms with Gasteiger partial charge in [-0.15, -0.1) is 0 Å². The molecule has 1 aliphatic rings. The molecule has 3 aromatic rings. The van der Waals surface area contributed by atoms with Gasteiger partial charge in [-0.3, -0.25) is 4.79 Å². The van der Waals surface area contributed by atoms with E-state index in [0.29, 0.717) is 11.6 Å². The average molecular weight is 467 g/mol. The maximum absolute atomic E-state index is 12.5. The Labute approximate surface area is 186 Å². The zero-order chi connectivity index (χ0) is 21.1. The monoisotopic (exact) mass is 466 g/mol. The summed E-state index contributed by atoms with van der Waals surface area (Å²) in [6, 6.07) is 18.5.